The van der Waals surface area contributed by atoms with E-state index in [2.05, 4.69) is 5.32 Å². The van der Waals surface area contributed by atoms with Crippen molar-refractivity contribution in [2.24, 2.45) is 0 Å². The molecule has 0 aromatic rings. The molecule has 0 spiro atoms. The molecule has 0 saturated carbocycles. The summed E-state index contributed by atoms with van der Waals surface area (Å²) in [7, 11) is 0. The summed E-state index contributed by atoms with van der Waals surface area (Å²) in [4.78, 5) is 0. The second-order valence-corrected chi connectivity index (χ2v) is 1.56. The zero-order valence-electron chi connectivity index (χ0n) is 4.86. The molecule has 0 aliphatic rings. The van der Waals surface area contributed by atoms with Gasteiger partial charge in [0.2, 0.25) is 0 Å². The quantitative estimate of drug-likeness (QED) is 0.270. The molecule has 5 nitrogen and oxygen atoms in total. The molecule has 0 bridgehead atoms. The molecule has 0 aromatic heterocycles. The predicted molar refractivity (Wildman–Crippen MR) is 29.3 cm³/mol. The standard InChI is InChI=1S/C4H11NO4/c6-1-3(8)5-4(9)2-7/h3-9H,1-2H2. The molecule has 5 heteroatoms. The highest BCUT2D eigenvalue weighted by atomic mass is 16.4. The van der Waals surface area contributed by atoms with Crippen molar-refractivity contribution in [3.05, 3.63) is 0 Å². The topological polar surface area (TPSA) is 93.0 Å². The number of nitrogens with one attached hydrogen (secondary N) is 1. The Labute approximate surface area is 52.6 Å². The summed E-state index contributed by atoms with van der Waals surface area (Å²) in [5, 5.41) is 35.5. The van der Waals surface area contributed by atoms with E-state index in [1.54, 1.807) is 0 Å². The SMILES string of the molecule is OCC(O)NC(O)CO. The van der Waals surface area contributed by atoms with Gasteiger partial charge in [-0.2, -0.15) is 0 Å². The van der Waals surface area contributed by atoms with Crippen LogP contribution >= 0.6 is 0 Å². The van der Waals surface area contributed by atoms with E-state index in [-0.39, 0.29) is 0 Å². The van der Waals surface area contributed by atoms with Crippen LogP contribution in [0, 0.1) is 0 Å². The van der Waals surface area contributed by atoms with Crippen LogP contribution in [0.1, 0.15) is 0 Å². The number of hydrogen-bond donors (Lipinski definition) is 5. The van der Waals surface area contributed by atoms with Crippen LogP contribution < -0.4 is 5.32 Å². The van der Waals surface area contributed by atoms with E-state index in [0.29, 0.717) is 0 Å². The van der Waals surface area contributed by atoms with Crippen molar-refractivity contribution < 1.29 is 20.4 Å². The van der Waals surface area contributed by atoms with E-state index in [9.17, 15) is 0 Å². The first-order valence-electron chi connectivity index (χ1n) is 2.54. The Balaban J connectivity index is 3.22. The fraction of sp³-hybridized carbons (Fsp3) is 1.00. The highest BCUT2D eigenvalue weighted by Gasteiger charge is 2.05. The summed E-state index contributed by atoms with van der Waals surface area (Å²) in [6.45, 7) is -0.978. The molecular weight excluding hydrogens is 126 g/mol. The van der Waals surface area contributed by atoms with Crippen molar-refractivity contribution >= 4 is 0 Å². The van der Waals surface area contributed by atoms with Gasteiger partial charge in [0, 0.05) is 0 Å². The minimum atomic E-state index is -1.17. The summed E-state index contributed by atoms with van der Waals surface area (Å²) in [5.74, 6) is 0. The van der Waals surface area contributed by atoms with E-state index < -0.39 is 25.7 Å². The van der Waals surface area contributed by atoms with Crippen molar-refractivity contribution in [2.75, 3.05) is 13.2 Å². The van der Waals surface area contributed by atoms with Gasteiger partial charge in [0.15, 0.2) is 0 Å². The van der Waals surface area contributed by atoms with Gasteiger partial charge in [0.1, 0.15) is 12.5 Å². The van der Waals surface area contributed by atoms with E-state index >= 15 is 0 Å². The van der Waals surface area contributed by atoms with Crippen LogP contribution in [0.25, 0.3) is 0 Å². The maximum Gasteiger partial charge on any atom is 0.130 e. The van der Waals surface area contributed by atoms with Gasteiger partial charge in [-0.1, -0.05) is 0 Å². The van der Waals surface area contributed by atoms with Gasteiger partial charge in [-0.25, -0.2) is 0 Å². The second kappa shape index (κ2) is 4.66. The average molecular weight is 137 g/mol. The Morgan fingerprint density at radius 2 is 1.33 bits per heavy atom. The molecule has 0 aromatic carbocycles. The maximum atomic E-state index is 8.53. The molecule has 0 amide bonds. The van der Waals surface area contributed by atoms with Gasteiger partial charge in [-0.15, -0.1) is 0 Å². The lowest BCUT2D eigenvalue weighted by Gasteiger charge is -2.13. The third kappa shape index (κ3) is 4.31. The predicted octanol–water partition coefficient (Wildman–Crippen LogP) is -2.80. The molecule has 0 aliphatic carbocycles. The Morgan fingerprint density at radius 1 is 1.00 bits per heavy atom. The van der Waals surface area contributed by atoms with Crippen LogP contribution in [0.4, 0.5) is 0 Å². The molecule has 0 radical (unpaired) electrons. The fourth-order valence-corrected chi connectivity index (χ4v) is 0.327. The molecule has 2 unspecified atom stereocenters. The smallest absolute Gasteiger partial charge is 0.130 e. The van der Waals surface area contributed by atoms with Gasteiger partial charge < -0.3 is 20.4 Å². The Bertz CT molecular complexity index is 61.6. The summed E-state index contributed by atoms with van der Waals surface area (Å²) in [5.41, 5.74) is 0. The summed E-state index contributed by atoms with van der Waals surface area (Å²) in [6, 6.07) is 0. The van der Waals surface area contributed by atoms with Crippen LogP contribution in [0.2, 0.25) is 0 Å². The Kier molecular flexibility index (Phi) is 4.55. The molecule has 0 fully saturated rings. The van der Waals surface area contributed by atoms with Gasteiger partial charge in [0.05, 0.1) is 13.2 Å². The maximum absolute atomic E-state index is 8.53. The summed E-state index contributed by atoms with van der Waals surface area (Å²) >= 11 is 0. The fourth-order valence-electron chi connectivity index (χ4n) is 0.327. The molecule has 0 rings (SSSR count). The Morgan fingerprint density at radius 3 is 1.56 bits per heavy atom. The molecule has 0 saturated heterocycles. The Hall–Kier alpha value is -0.200. The normalized spacial score (nSPS) is 17.3. The van der Waals surface area contributed by atoms with Crippen LogP contribution in [0.3, 0.4) is 0 Å². The largest absolute Gasteiger partial charge is 0.392 e. The first-order chi connectivity index (χ1) is 4.20. The lowest BCUT2D eigenvalue weighted by Crippen LogP contribution is -2.42. The highest BCUT2D eigenvalue weighted by Crippen LogP contribution is 1.77. The molecule has 0 heterocycles. The van der Waals surface area contributed by atoms with Crippen LogP contribution in [0.15, 0.2) is 0 Å². The zero-order chi connectivity index (χ0) is 7.28. The number of aliphatic hydroxyl groups excluding tert-OH is 4. The monoisotopic (exact) mass is 137 g/mol. The number of aliphatic hydroxyl groups is 4. The van der Waals surface area contributed by atoms with Crippen LogP contribution in [-0.4, -0.2) is 46.1 Å². The van der Waals surface area contributed by atoms with E-state index in [1.165, 1.54) is 0 Å². The summed E-state index contributed by atoms with van der Waals surface area (Å²) in [6.07, 6.45) is -2.35. The van der Waals surface area contributed by atoms with E-state index in [1.807, 2.05) is 0 Å². The van der Waals surface area contributed by atoms with Gasteiger partial charge >= 0.3 is 0 Å². The number of rotatable bonds is 4. The third-order valence-corrected chi connectivity index (χ3v) is 0.731. The van der Waals surface area contributed by atoms with Gasteiger partial charge in [0.25, 0.3) is 0 Å². The molecule has 56 valence electrons. The molecule has 5 N–H and O–H groups in total. The molecule has 9 heavy (non-hydrogen) atoms. The minimum absolute atomic E-state index is 0.489. The first-order valence-corrected chi connectivity index (χ1v) is 2.54. The van der Waals surface area contributed by atoms with Gasteiger partial charge in [-0.3, -0.25) is 5.32 Å². The first kappa shape index (κ1) is 8.80. The zero-order valence-corrected chi connectivity index (χ0v) is 4.86. The number of hydrogen-bond acceptors (Lipinski definition) is 5. The molecule has 2 atom stereocenters. The van der Waals surface area contributed by atoms with E-state index in [4.69, 9.17) is 20.4 Å². The lowest BCUT2D eigenvalue weighted by atomic mass is 10.5. The average Bonchev–Trinajstić information content (AvgIpc) is 1.87. The van der Waals surface area contributed by atoms with E-state index in [0.717, 1.165) is 0 Å². The van der Waals surface area contributed by atoms with Crippen molar-refractivity contribution in [3.63, 3.8) is 0 Å². The highest BCUT2D eigenvalue weighted by molar-refractivity contribution is 4.52. The van der Waals surface area contributed by atoms with Gasteiger partial charge in [-0.05, 0) is 0 Å². The van der Waals surface area contributed by atoms with Crippen molar-refractivity contribution in [3.8, 4) is 0 Å². The van der Waals surface area contributed by atoms with Crippen LogP contribution in [0.5, 0.6) is 0 Å². The lowest BCUT2D eigenvalue weighted by molar-refractivity contribution is -0.0128. The summed E-state index contributed by atoms with van der Waals surface area (Å²) < 4.78 is 0. The van der Waals surface area contributed by atoms with Crippen molar-refractivity contribution in [1.82, 2.24) is 5.32 Å². The van der Waals surface area contributed by atoms with Crippen molar-refractivity contribution in [2.45, 2.75) is 12.5 Å². The van der Waals surface area contributed by atoms with Crippen LogP contribution in [-0.2, 0) is 0 Å². The molecular formula is C4H11NO4. The molecule has 0 aliphatic heterocycles. The third-order valence-electron chi connectivity index (χ3n) is 0.731. The second-order valence-electron chi connectivity index (χ2n) is 1.56. The minimum Gasteiger partial charge on any atom is -0.392 e. The van der Waals surface area contributed by atoms with Crippen molar-refractivity contribution in [1.29, 1.82) is 0 Å².